The summed E-state index contributed by atoms with van der Waals surface area (Å²) in [6, 6.07) is 2.61. The topological polar surface area (TPSA) is 41.1 Å². The second-order valence-electron chi connectivity index (χ2n) is 5.39. The number of likely N-dealkylation sites (tertiary alicyclic amines) is 1. The van der Waals surface area contributed by atoms with E-state index in [-0.39, 0.29) is 0 Å². The first-order valence-corrected chi connectivity index (χ1v) is 6.97. The highest BCUT2D eigenvalue weighted by Crippen LogP contribution is 2.17. The highest BCUT2D eigenvalue weighted by atomic mass is 15.2. The molecular formula is C14H24N4. The third-order valence-corrected chi connectivity index (χ3v) is 3.68. The zero-order valence-corrected chi connectivity index (χ0v) is 11.5. The van der Waals surface area contributed by atoms with E-state index in [2.05, 4.69) is 34.0 Å². The van der Waals surface area contributed by atoms with Gasteiger partial charge in [0.25, 0.3) is 0 Å². The highest BCUT2D eigenvalue weighted by molar-refractivity contribution is 4.97. The van der Waals surface area contributed by atoms with Gasteiger partial charge in [-0.3, -0.25) is 4.90 Å². The van der Waals surface area contributed by atoms with Crippen molar-refractivity contribution in [2.24, 2.45) is 5.92 Å². The number of hydrogen-bond acceptors (Lipinski definition) is 4. The summed E-state index contributed by atoms with van der Waals surface area (Å²) in [5.41, 5.74) is 1.06. The summed E-state index contributed by atoms with van der Waals surface area (Å²) >= 11 is 0. The Morgan fingerprint density at radius 1 is 1.33 bits per heavy atom. The van der Waals surface area contributed by atoms with Crippen molar-refractivity contribution >= 4 is 0 Å². The van der Waals surface area contributed by atoms with Gasteiger partial charge in [-0.15, -0.1) is 0 Å². The fourth-order valence-electron chi connectivity index (χ4n) is 2.63. The lowest BCUT2D eigenvalue weighted by Gasteiger charge is -2.31. The van der Waals surface area contributed by atoms with Crippen LogP contribution in [0.4, 0.5) is 0 Å². The second kappa shape index (κ2) is 6.81. The van der Waals surface area contributed by atoms with Crippen molar-refractivity contribution in [3.05, 3.63) is 24.3 Å². The van der Waals surface area contributed by atoms with E-state index < -0.39 is 0 Å². The summed E-state index contributed by atoms with van der Waals surface area (Å²) in [7, 11) is 0. The normalized spacial score (nSPS) is 18.4. The summed E-state index contributed by atoms with van der Waals surface area (Å²) in [6.07, 6.45) is 6.12. The molecule has 1 aliphatic heterocycles. The van der Waals surface area contributed by atoms with Crippen molar-refractivity contribution in [1.82, 2.24) is 20.2 Å². The monoisotopic (exact) mass is 248 g/mol. The van der Waals surface area contributed by atoms with Crippen molar-refractivity contribution in [2.75, 3.05) is 19.6 Å². The Labute approximate surface area is 110 Å². The van der Waals surface area contributed by atoms with E-state index in [1.807, 2.05) is 6.07 Å². The summed E-state index contributed by atoms with van der Waals surface area (Å²) in [5, 5.41) is 3.53. The lowest BCUT2D eigenvalue weighted by atomic mass is 10.0. The molecule has 0 aliphatic carbocycles. The quantitative estimate of drug-likeness (QED) is 0.832. The van der Waals surface area contributed by atoms with Crippen molar-refractivity contribution < 1.29 is 0 Å². The van der Waals surface area contributed by atoms with Crippen LogP contribution in [0.3, 0.4) is 0 Å². The average molecular weight is 248 g/mol. The lowest BCUT2D eigenvalue weighted by Crippen LogP contribution is -2.44. The Balaban J connectivity index is 1.79. The third-order valence-electron chi connectivity index (χ3n) is 3.68. The van der Waals surface area contributed by atoms with E-state index in [0.29, 0.717) is 12.0 Å². The van der Waals surface area contributed by atoms with Gasteiger partial charge in [-0.1, -0.05) is 13.8 Å². The predicted octanol–water partition coefficient (Wildman–Crippen LogP) is 1.69. The minimum atomic E-state index is 0.648. The molecule has 18 heavy (non-hydrogen) atoms. The Hall–Kier alpha value is -1.00. The van der Waals surface area contributed by atoms with Crippen LogP contribution in [0.1, 0.15) is 32.4 Å². The largest absolute Gasteiger partial charge is 0.310 e. The molecule has 1 atom stereocenters. The van der Waals surface area contributed by atoms with Gasteiger partial charge in [-0.05, 0) is 37.9 Å². The van der Waals surface area contributed by atoms with Gasteiger partial charge in [-0.25, -0.2) is 9.97 Å². The molecule has 1 saturated heterocycles. The van der Waals surface area contributed by atoms with Crippen LogP contribution in [0, 0.1) is 5.92 Å². The first-order valence-electron chi connectivity index (χ1n) is 6.97. The molecule has 1 N–H and O–H groups in total. The number of nitrogens with one attached hydrogen (secondary N) is 1. The summed E-state index contributed by atoms with van der Waals surface area (Å²) in [4.78, 5) is 10.8. The first-order chi connectivity index (χ1) is 8.77. The van der Waals surface area contributed by atoms with E-state index in [9.17, 15) is 0 Å². The van der Waals surface area contributed by atoms with Crippen LogP contribution >= 0.6 is 0 Å². The molecule has 0 radical (unpaired) electrons. The van der Waals surface area contributed by atoms with Crippen LogP contribution in [0.2, 0.25) is 0 Å². The maximum atomic E-state index is 4.23. The third kappa shape index (κ3) is 3.75. The highest BCUT2D eigenvalue weighted by Gasteiger charge is 2.23. The van der Waals surface area contributed by atoms with Crippen LogP contribution in [-0.4, -0.2) is 40.5 Å². The maximum absolute atomic E-state index is 4.23. The molecule has 1 fully saturated rings. The lowest BCUT2D eigenvalue weighted by molar-refractivity contribution is 0.186. The van der Waals surface area contributed by atoms with Crippen molar-refractivity contribution in [3.8, 4) is 0 Å². The molecule has 2 rings (SSSR count). The summed E-state index contributed by atoms with van der Waals surface area (Å²) in [5.74, 6) is 0.695. The fourth-order valence-corrected chi connectivity index (χ4v) is 2.63. The predicted molar refractivity (Wildman–Crippen MR) is 73.2 cm³/mol. The zero-order chi connectivity index (χ0) is 12.8. The Morgan fingerprint density at radius 3 is 2.72 bits per heavy atom. The van der Waals surface area contributed by atoms with Crippen LogP contribution < -0.4 is 5.32 Å². The molecule has 1 aromatic heterocycles. The van der Waals surface area contributed by atoms with E-state index in [1.54, 1.807) is 12.5 Å². The van der Waals surface area contributed by atoms with Gasteiger partial charge in [0.05, 0.1) is 5.69 Å². The molecule has 1 aromatic rings. The van der Waals surface area contributed by atoms with Crippen LogP contribution in [0.5, 0.6) is 0 Å². The molecule has 4 nitrogen and oxygen atoms in total. The minimum Gasteiger partial charge on any atom is -0.310 e. The van der Waals surface area contributed by atoms with Gasteiger partial charge in [0.2, 0.25) is 0 Å². The number of hydrogen-bond donors (Lipinski definition) is 1. The summed E-state index contributed by atoms with van der Waals surface area (Å²) in [6.45, 7) is 9.03. The number of aromatic nitrogens is 2. The van der Waals surface area contributed by atoms with Crippen LogP contribution in [0.15, 0.2) is 18.6 Å². The summed E-state index contributed by atoms with van der Waals surface area (Å²) < 4.78 is 0. The minimum absolute atomic E-state index is 0.648. The second-order valence-corrected chi connectivity index (χ2v) is 5.39. The Morgan fingerprint density at radius 2 is 2.11 bits per heavy atom. The van der Waals surface area contributed by atoms with Crippen molar-refractivity contribution in [2.45, 2.75) is 39.3 Å². The molecule has 0 spiro atoms. The Bertz CT molecular complexity index is 333. The smallest absolute Gasteiger partial charge is 0.115 e. The number of nitrogens with zero attached hydrogens (tertiary/aromatic N) is 3. The van der Waals surface area contributed by atoms with Gasteiger partial charge in [0.1, 0.15) is 6.33 Å². The maximum Gasteiger partial charge on any atom is 0.115 e. The molecule has 0 bridgehead atoms. The van der Waals surface area contributed by atoms with Crippen molar-refractivity contribution in [3.63, 3.8) is 0 Å². The molecule has 100 valence electrons. The van der Waals surface area contributed by atoms with E-state index in [4.69, 9.17) is 0 Å². The molecule has 0 amide bonds. The average Bonchev–Trinajstić information content (AvgIpc) is 2.89. The van der Waals surface area contributed by atoms with E-state index >= 15 is 0 Å². The van der Waals surface area contributed by atoms with E-state index in [1.165, 1.54) is 25.9 Å². The molecule has 1 aliphatic rings. The van der Waals surface area contributed by atoms with Crippen LogP contribution in [-0.2, 0) is 6.54 Å². The van der Waals surface area contributed by atoms with Gasteiger partial charge in [0.15, 0.2) is 0 Å². The molecule has 2 heterocycles. The fraction of sp³-hybridized carbons (Fsp3) is 0.714. The molecular weight excluding hydrogens is 224 g/mol. The van der Waals surface area contributed by atoms with Crippen LogP contribution in [0.25, 0.3) is 0 Å². The molecule has 1 unspecified atom stereocenters. The SMILES string of the molecule is CC(C)C(CNCc1ccncn1)N1CCCC1. The Kier molecular flexibility index (Phi) is 5.08. The zero-order valence-electron chi connectivity index (χ0n) is 11.5. The first kappa shape index (κ1) is 13.4. The number of rotatable bonds is 6. The standard InChI is InChI=1S/C14H24N4/c1-12(2)14(18-7-3-4-8-18)10-16-9-13-5-6-15-11-17-13/h5-6,11-12,14,16H,3-4,7-10H2,1-2H3. The molecule has 0 aromatic carbocycles. The van der Waals surface area contributed by atoms with Gasteiger partial charge in [0, 0.05) is 25.3 Å². The van der Waals surface area contributed by atoms with E-state index in [0.717, 1.165) is 18.8 Å². The molecule has 4 heteroatoms. The van der Waals surface area contributed by atoms with Gasteiger partial charge < -0.3 is 5.32 Å². The van der Waals surface area contributed by atoms with Gasteiger partial charge >= 0.3 is 0 Å². The molecule has 0 saturated carbocycles. The van der Waals surface area contributed by atoms with Crippen molar-refractivity contribution in [1.29, 1.82) is 0 Å². The van der Waals surface area contributed by atoms with Gasteiger partial charge in [-0.2, -0.15) is 0 Å².